The van der Waals surface area contributed by atoms with Crippen LogP contribution in [0.1, 0.15) is 12.6 Å². The van der Waals surface area contributed by atoms with Gasteiger partial charge in [-0.2, -0.15) is 0 Å². The number of pyridine rings is 1. The number of aromatic nitrogens is 1. The van der Waals surface area contributed by atoms with Crippen molar-refractivity contribution in [1.29, 1.82) is 0 Å². The fraction of sp³-hybridized carbons (Fsp3) is 0.375. The third-order valence-electron chi connectivity index (χ3n) is 1.70. The number of hydrogen-bond acceptors (Lipinski definition) is 4. The van der Waals surface area contributed by atoms with Crippen molar-refractivity contribution < 1.29 is 10.2 Å². The molecule has 1 aromatic heterocycles. The molecule has 0 saturated carbocycles. The Morgan fingerprint density at radius 2 is 2.21 bits per heavy atom. The maximum atomic E-state index is 9.47. The van der Waals surface area contributed by atoms with Crippen molar-refractivity contribution >= 4 is 28.3 Å². The van der Waals surface area contributed by atoms with Gasteiger partial charge in [0, 0.05) is 10.7 Å². The van der Waals surface area contributed by atoms with Gasteiger partial charge in [-0.15, -0.1) is 12.4 Å². The molecule has 1 unspecified atom stereocenters. The van der Waals surface area contributed by atoms with Crippen LogP contribution in [0.25, 0.3) is 0 Å². The summed E-state index contributed by atoms with van der Waals surface area (Å²) in [6, 6.07) is 1.49. The Bertz CT molecular complexity index is 320. The highest BCUT2D eigenvalue weighted by Crippen LogP contribution is 2.26. The number of hydrogen-bond donors (Lipinski definition) is 3. The van der Waals surface area contributed by atoms with Crippen molar-refractivity contribution in [2.45, 2.75) is 12.5 Å². The number of aliphatic hydroxyl groups is 1. The zero-order valence-electron chi connectivity index (χ0n) is 7.57. The van der Waals surface area contributed by atoms with Gasteiger partial charge in [-0.1, -0.05) is 0 Å². The Balaban J connectivity index is 0.00000169. The van der Waals surface area contributed by atoms with Gasteiger partial charge in [0.25, 0.3) is 0 Å². The van der Waals surface area contributed by atoms with Gasteiger partial charge < -0.3 is 15.9 Å². The van der Waals surface area contributed by atoms with E-state index in [4.69, 9.17) is 10.8 Å². The fourth-order valence-electron chi connectivity index (χ4n) is 0.944. The minimum Gasteiger partial charge on any atom is -0.506 e. The van der Waals surface area contributed by atoms with E-state index in [0.717, 1.165) is 0 Å². The first-order chi connectivity index (χ1) is 5.97. The topological polar surface area (TPSA) is 79.4 Å². The van der Waals surface area contributed by atoms with Crippen molar-refractivity contribution in [3.63, 3.8) is 0 Å². The molecule has 1 aromatic rings. The first-order valence-electron chi connectivity index (χ1n) is 3.72. The highest BCUT2D eigenvalue weighted by atomic mass is 79.9. The molecule has 0 amide bonds. The molecule has 0 spiro atoms. The summed E-state index contributed by atoms with van der Waals surface area (Å²) in [5, 5.41) is 18.4. The number of halogens is 2. The third-order valence-corrected chi connectivity index (χ3v) is 2.14. The molecule has 4 nitrogen and oxygen atoms in total. The van der Waals surface area contributed by atoms with Crippen molar-refractivity contribution in [2.24, 2.45) is 5.73 Å². The number of nitrogens with two attached hydrogens (primary N) is 1. The van der Waals surface area contributed by atoms with Gasteiger partial charge >= 0.3 is 0 Å². The van der Waals surface area contributed by atoms with E-state index in [-0.39, 0.29) is 24.8 Å². The van der Waals surface area contributed by atoms with Crippen LogP contribution in [-0.4, -0.2) is 21.8 Å². The SMILES string of the molecule is CC(N)(CO)c1ncc(Br)cc1O.Cl. The van der Waals surface area contributed by atoms with E-state index >= 15 is 0 Å². The van der Waals surface area contributed by atoms with Gasteiger partial charge in [-0.05, 0) is 28.9 Å². The van der Waals surface area contributed by atoms with E-state index in [2.05, 4.69) is 20.9 Å². The summed E-state index contributed by atoms with van der Waals surface area (Å²) in [5.41, 5.74) is 4.98. The van der Waals surface area contributed by atoms with E-state index < -0.39 is 5.54 Å². The first kappa shape index (κ1) is 13.6. The number of rotatable bonds is 2. The van der Waals surface area contributed by atoms with Crippen molar-refractivity contribution in [1.82, 2.24) is 4.98 Å². The lowest BCUT2D eigenvalue weighted by atomic mass is 9.99. The molecule has 1 heterocycles. The fourth-order valence-corrected chi connectivity index (χ4v) is 1.26. The summed E-state index contributed by atoms with van der Waals surface area (Å²) < 4.78 is 0.669. The molecule has 0 aliphatic heterocycles. The molecule has 14 heavy (non-hydrogen) atoms. The lowest BCUT2D eigenvalue weighted by Gasteiger charge is -2.21. The highest BCUT2D eigenvalue weighted by molar-refractivity contribution is 9.10. The number of aliphatic hydroxyl groups excluding tert-OH is 1. The minimum absolute atomic E-state index is 0. The van der Waals surface area contributed by atoms with Crippen LogP contribution in [0.15, 0.2) is 16.7 Å². The van der Waals surface area contributed by atoms with E-state index in [1.807, 2.05) is 0 Å². The normalized spacial score (nSPS) is 14.3. The molecule has 0 aromatic carbocycles. The highest BCUT2D eigenvalue weighted by Gasteiger charge is 2.25. The standard InChI is InChI=1S/C8H11BrN2O2.ClH/c1-8(10,4-12)7-6(13)2-5(9)3-11-7;/h2-3,12-13H,4,10H2,1H3;1H. The Morgan fingerprint density at radius 1 is 1.64 bits per heavy atom. The average Bonchev–Trinajstić information content (AvgIpc) is 2.03. The van der Waals surface area contributed by atoms with Crippen LogP contribution in [0, 0.1) is 0 Å². The average molecular weight is 284 g/mol. The maximum Gasteiger partial charge on any atom is 0.140 e. The molecule has 0 radical (unpaired) electrons. The van der Waals surface area contributed by atoms with E-state index in [1.54, 1.807) is 6.92 Å². The predicted octanol–water partition coefficient (Wildman–Crippen LogP) is 1.14. The first-order valence-corrected chi connectivity index (χ1v) is 4.51. The summed E-state index contributed by atoms with van der Waals surface area (Å²) in [7, 11) is 0. The molecule has 80 valence electrons. The Morgan fingerprint density at radius 3 is 2.64 bits per heavy atom. The summed E-state index contributed by atoms with van der Waals surface area (Å²) in [4.78, 5) is 3.94. The van der Waals surface area contributed by atoms with Crippen molar-refractivity contribution in [3.8, 4) is 5.75 Å². The number of nitrogens with zero attached hydrogens (tertiary/aromatic N) is 1. The number of aromatic hydroxyl groups is 1. The van der Waals surface area contributed by atoms with Crippen molar-refractivity contribution in [2.75, 3.05) is 6.61 Å². The van der Waals surface area contributed by atoms with E-state index in [0.29, 0.717) is 10.2 Å². The summed E-state index contributed by atoms with van der Waals surface area (Å²) >= 11 is 3.16. The second-order valence-electron chi connectivity index (χ2n) is 3.10. The predicted molar refractivity (Wildman–Crippen MR) is 59.5 cm³/mol. The quantitative estimate of drug-likeness (QED) is 0.760. The van der Waals surface area contributed by atoms with Gasteiger partial charge in [0.1, 0.15) is 11.4 Å². The lowest BCUT2D eigenvalue weighted by molar-refractivity contribution is 0.203. The molecule has 0 fully saturated rings. The Hall–Kier alpha value is -0.360. The molecular weight excluding hydrogens is 271 g/mol. The molecule has 0 aliphatic rings. The molecular formula is C8H12BrClN2O2. The van der Waals surface area contributed by atoms with Crippen LogP contribution in [0.3, 0.4) is 0 Å². The smallest absolute Gasteiger partial charge is 0.140 e. The summed E-state index contributed by atoms with van der Waals surface area (Å²) in [6.07, 6.45) is 1.52. The summed E-state index contributed by atoms with van der Waals surface area (Å²) in [6.45, 7) is 1.33. The van der Waals surface area contributed by atoms with Gasteiger partial charge in [-0.25, -0.2) is 0 Å². The zero-order valence-corrected chi connectivity index (χ0v) is 9.97. The van der Waals surface area contributed by atoms with Crippen LogP contribution in [0.5, 0.6) is 5.75 Å². The van der Waals surface area contributed by atoms with Crippen LogP contribution in [-0.2, 0) is 5.54 Å². The maximum absolute atomic E-state index is 9.47. The molecule has 1 atom stereocenters. The molecule has 6 heteroatoms. The minimum atomic E-state index is -1.01. The summed E-state index contributed by atoms with van der Waals surface area (Å²) in [5.74, 6) is -0.0200. The van der Waals surface area contributed by atoms with Crippen molar-refractivity contribution in [3.05, 3.63) is 22.4 Å². The monoisotopic (exact) mass is 282 g/mol. The van der Waals surface area contributed by atoms with Gasteiger partial charge in [0.15, 0.2) is 0 Å². The van der Waals surface area contributed by atoms with E-state index in [9.17, 15) is 5.11 Å². The zero-order chi connectivity index (χ0) is 10.1. The van der Waals surface area contributed by atoms with Crippen LogP contribution >= 0.6 is 28.3 Å². The van der Waals surface area contributed by atoms with E-state index in [1.165, 1.54) is 12.3 Å². The van der Waals surface area contributed by atoms with Crippen LogP contribution in [0.4, 0.5) is 0 Å². The molecule has 0 aliphatic carbocycles. The Labute approximate surface area is 96.7 Å². The van der Waals surface area contributed by atoms with Gasteiger partial charge in [-0.3, -0.25) is 4.98 Å². The van der Waals surface area contributed by atoms with Gasteiger partial charge in [0.2, 0.25) is 0 Å². The largest absolute Gasteiger partial charge is 0.506 e. The Kier molecular flexibility index (Phi) is 4.80. The molecule has 0 bridgehead atoms. The van der Waals surface area contributed by atoms with Crippen LogP contribution < -0.4 is 5.73 Å². The molecule has 0 saturated heterocycles. The second kappa shape index (κ2) is 4.93. The van der Waals surface area contributed by atoms with Gasteiger partial charge in [0.05, 0.1) is 12.1 Å². The third kappa shape index (κ3) is 2.81. The molecule has 4 N–H and O–H groups in total. The van der Waals surface area contributed by atoms with Crippen LogP contribution in [0.2, 0.25) is 0 Å². The second-order valence-corrected chi connectivity index (χ2v) is 4.01. The lowest BCUT2D eigenvalue weighted by Crippen LogP contribution is -2.37. The molecule has 1 rings (SSSR count).